The highest BCUT2D eigenvalue weighted by molar-refractivity contribution is 14.1. The van der Waals surface area contributed by atoms with Crippen LogP contribution in [0.1, 0.15) is 21.6 Å². The predicted molar refractivity (Wildman–Crippen MR) is 106 cm³/mol. The quantitative estimate of drug-likeness (QED) is 0.651. The first-order valence-electron chi connectivity index (χ1n) is 8.06. The number of nitrogens with two attached hydrogens (primary N) is 1. The van der Waals surface area contributed by atoms with Crippen molar-refractivity contribution in [2.24, 2.45) is 10.7 Å². The summed E-state index contributed by atoms with van der Waals surface area (Å²) in [6, 6.07) is 7.99. The number of amidine groups is 1. The number of aryl methyl sites for hydroxylation is 1. The lowest BCUT2D eigenvalue weighted by molar-refractivity contribution is -0.0129. The Balaban J connectivity index is 1.91. The van der Waals surface area contributed by atoms with E-state index in [0.717, 1.165) is 9.13 Å². The van der Waals surface area contributed by atoms with Gasteiger partial charge in [-0.25, -0.2) is 13.8 Å². The molecule has 1 atom stereocenters. The number of carbonyl (C=O) groups is 1. The molecule has 0 saturated carbocycles. The van der Waals surface area contributed by atoms with Gasteiger partial charge < -0.3 is 15.8 Å². The molecule has 0 spiro atoms. The number of aromatic nitrogens is 1. The van der Waals surface area contributed by atoms with Crippen molar-refractivity contribution in [3.8, 4) is 0 Å². The van der Waals surface area contributed by atoms with Gasteiger partial charge in [0.1, 0.15) is 18.1 Å². The number of pyridine rings is 1. The monoisotopic (exact) mass is 486 g/mol. The second-order valence-electron chi connectivity index (χ2n) is 6.17. The lowest BCUT2D eigenvalue weighted by atomic mass is 9.90. The maximum absolute atomic E-state index is 13.8. The van der Waals surface area contributed by atoms with Gasteiger partial charge in [-0.15, -0.1) is 0 Å². The molecule has 1 aliphatic rings. The number of ether oxygens (including phenoxy) is 1. The molecule has 0 aliphatic carbocycles. The third kappa shape index (κ3) is 4.08. The van der Waals surface area contributed by atoms with Crippen molar-refractivity contribution in [1.29, 1.82) is 0 Å². The molecule has 3 N–H and O–H groups in total. The Labute approximate surface area is 168 Å². The molecule has 0 radical (unpaired) electrons. The van der Waals surface area contributed by atoms with E-state index in [1.807, 2.05) is 6.07 Å². The fourth-order valence-corrected chi connectivity index (χ4v) is 3.46. The van der Waals surface area contributed by atoms with E-state index in [1.54, 1.807) is 25.3 Å². The Morgan fingerprint density at radius 3 is 2.85 bits per heavy atom. The van der Waals surface area contributed by atoms with E-state index in [2.05, 4.69) is 37.9 Å². The molecule has 1 amide bonds. The summed E-state index contributed by atoms with van der Waals surface area (Å²) in [5.74, 6) is -0.412. The molecule has 6 nitrogen and oxygen atoms in total. The fourth-order valence-electron chi connectivity index (χ4n) is 2.85. The third-order valence-electron chi connectivity index (χ3n) is 4.16. The summed E-state index contributed by atoms with van der Waals surface area (Å²) in [5.41, 5.74) is 5.30. The average molecular weight is 486 g/mol. The zero-order valence-corrected chi connectivity index (χ0v) is 16.5. The number of alkyl halides is 2. The van der Waals surface area contributed by atoms with Crippen molar-refractivity contribution in [1.82, 2.24) is 4.98 Å². The maximum atomic E-state index is 13.8. The van der Waals surface area contributed by atoms with Crippen LogP contribution in [0.3, 0.4) is 0 Å². The normalized spacial score (nSPS) is 19.7. The third-order valence-corrected chi connectivity index (χ3v) is 4.75. The second kappa shape index (κ2) is 7.85. The predicted octanol–water partition coefficient (Wildman–Crippen LogP) is 3.09. The Bertz CT molecular complexity index is 907. The number of rotatable bonds is 4. The van der Waals surface area contributed by atoms with Crippen LogP contribution in [0.2, 0.25) is 0 Å². The number of nitrogens with one attached hydrogen (secondary N) is 1. The minimum Gasteiger partial charge on any atom is -0.385 e. The zero-order valence-electron chi connectivity index (χ0n) is 14.4. The van der Waals surface area contributed by atoms with Crippen molar-refractivity contribution >= 4 is 40.0 Å². The molecular formula is C18H17F2IN4O2. The van der Waals surface area contributed by atoms with E-state index in [4.69, 9.17) is 10.5 Å². The molecule has 1 aromatic carbocycles. The van der Waals surface area contributed by atoms with E-state index < -0.39 is 17.9 Å². The highest BCUT2D eigenvalue weighted by atomic mass is 127. The Morgan fingerprint density at radius 2 is 2.19 bits per heavy atom. The standard InChI is InChI=1S/C18H17F2IN4O2/c1-10-5-12(21)7-23-15(10)16(26)24-13-4-2-3-11(6-13)18(17(19)20)9-27-8-14(22)25-18/h2-7,17H,8-9H2,1H3,(H2,22,25)(H,24,26). The van der Waals surface area contributed by atoms with E-state index in [9.17, 15) is 13.6 Å². The molecule has 142 valence electrons. The molecule has 2 aromatic rings. The summed E-state index contributed by atoms with van der Waals surface area (Å²) < 4.78 is 33.8. The van der Waals surface area contributed by atoms with Crippen LogP contribution in [0.5, 0.6) is 0 Å². The summed E-state index contributed by atoms with van der Waals surface area (Å²) in [5, 5.41) is 2.70. The number of aliphatic imine (C=N–C) groups is 1. The van der Waals surface area contributed by atoms with Crippen molar-refractivity contribution in [2.45, 2.75) is 18.9 Å². The van der Waals surface area contributed by atoms with E-state index in [1.165, 1.54) is 12.1 Å². The average Bonchev–Trinajstić information content (AvgIpc) is 2.61. The van der Waals surface area contributed by atoms with Gasteiger partial charge in [-0.1, -0.05) is 12.1 Å². The van der Waals surface area contributed by atoms with Crippen LogP contribution in [0, 0.1) is 10.5 Å². The number of hydrogen-bond acceptors (Lipinski definition) is 5. The minimum atomic E-state index is -2.82. The van der Waals surface area contributed by atoms with Crippen molar-refractivity contribution in [3.63, 3.8) is 0 Å². The number of amides is 1. The zero-order chi connectivity index (χ0) is 19.6. The molecule has 1 aromatic heterocycles. The van der Waals surface area contributed by atoms with Gasteiger partial charge in [0.2, 0.25) is 0 Å². The van der Waals surface area contributed by atoms with Gasteiger partial charge in [0.15, 0.2) is 5.54 Å². The van der Waals surface area contributed by atoms with Gasteiger partial charge in [-0.05, 0) is 58.8 Å². The van der Waals surface area contributed by atoms with Crippen LogP contribution >= 0.6 is 22.6 Å². The SMILES string of the molecule is Cc1cc(I)cnc1C(=O)Nc1cccc(C2(C(F)F)COCC(N)=N2)c1. The Kier molecular flexibility index (Phi) is 5.70. The number of nitrogens with zero attached hydrogens (tertiary/aromatic N) is 2. The summed E-state index contributed by atoms with van der Waals surface area (Å²) in [6.07, 6.45) is -1.23. The molecule has 9 heteroatoms. The van der Waals surface area contributed by atoms with E-state index in [0.29, 0.717) is 5.69 Å². The number of benzene rings is 1. The maximum Gasteiger partial charge on any atom is 0.274 e. The second-order valence-corrected chi connectivity index (χ2v) is 7.42. The molecule has 0 saturated heterocycles. The fraction of sp³-hybridized carbons (Fsp3) is 0.278. The topological polar surface area (TPSA) is 89.6 Å². The van der Waals surface area contributed by atoms with E-state index >= 15 is 0 Å². The van der Waals surface area contributed by atoms with Crippen LogP contribution in [0.4, 0.5) is 14.5 Å². The number of anilines is 1. The van der Waals surface area contributed by atoms with Crippen LogP contribution in [-0.4, -0.2) is 36.4 Å². The first-order valence-corrected chi connectivity index (χ1v) is 9.14. The van der Waals surface area contributed by atoms with Gasteiger partial charge in [0.05, 0.1) is 6.61 Å². The van der Waals surface area contributed by atoms with Gasteiger partial charge in [0, 0.05) is 15.5 Å². The summed E-state index contributed by atoms with van der Waals surface area (Å²) in [7, 11) is 0. The molecular weight excluding hydrogens is 469 g/mol. The van der Waals surface area contributed by atoms with Crippen LogP contribution in [-0.2, 0) is 10.3 Å². The first-order chi connectivity index (χ1) is 12.8. The summed E-state index contributed by atoms with van der Waals surface area (Å²) >= 11 is 2.11. The van der Waals surface area contributed by atoms with Gasteiger partial charge in [-0.3, -0.25) is 9.79 Å². The Morgan fingerprint density at radius 1 is 1.41 bits per heavy atom. The molecule has 3 rings (SSSR count). The van der Waals surface area contributed by atoms with Crippen molar-refractivity contribution in [2.75, 3.05) is 18.5 Å². The minimum absolute atomic E-state index is 0.00898. The highest BCUT2D eigenvalue weighted by Gasteiger charge is 2.44. The molecule has 0 fully saturated rings. The molecule has 2 heterocycles. The van der Waals surface area contributed by atoms with Gasteiger partial charge in [-0.2, -0.15) is 0 Å². The van der Waals surface area contributed by atoms with Gasteiger partial charge in [0.25, 0.3) is 12.3 Å². The molecule has 1 aliphatic heterocycles. The lowest BCUT2D eigenvalue weighted by Crippen LogP contribution is -2.44. The number of carbonyl (C=O) groups excluding carboxylic acids is 1. The van der Waals surface area contributed by atoms with Crippen molar-refractivity contribution < 1.29 is 18.3 Å². The summed E-state index contributed by atoms with van der Waals surface area (Å²) in [6.45, 7) is 1.51. The molecule has 27 heavy (non-hydrogen) atoms. The smallest absolute Gasteiger partial charge is 0.274 e. The number of halogens is 3. The van der Waals surface area contributed by atoms with Crippen LogP contribution in [0.15, 0.2) is 41.5 Å². The number of hydrogen-bond donors (Lipinski definition) is 2. The lowest BCUT2D eigenvalue weighted by Gasteiger charge is -2.33. The first kappa shape index (κ1) is 19.6. The summed E-state index contributed by atoms with van der Waals surface area (Å²) in [4.78, 5) is 20.6. The molecule has 0 bridgehead atoms. The largest absolute Gasteiger partial charge is 0.385 e. The van der Waals surface area contributed by atoms with Crippen molar-refractivity contribution in [3.05, 3.63) is 56.9 Å². The van der Waals surface area contributed by atoms with Crippen LogP contribution in [0.25, 0.3) is 0 Å². The highest BCUT2D eigenvalue weighted by Crippen LogP contribution is 2.36. The Hall–Kier alpha value is -2.14. The van der Waals surface area contributed by atoms with Gasteiger partial charge >= 0.3 is 0 Å². The molecule has 1 unspecified atom stereocenters. The van der Waals surface area contributed by atoms with Crippen LogP contribution < -0.4 is 11.1 Å². The van der Waals surface area contributed by atoms with E-state index in [-0.39, 0.29) is 30.3 Å².